The number of carbonyl (C=O) groups excluding carboxylic acids is 2. The van der Waals surface area contributed by atoms with Crippen molar-refractivity contribution in [3.63, 3.8) is 0 Å². The Bertz CT molecular complexity index is 1010. The van der Waals surface area contributed by atoms with Crippen LogP contribution in [0.5, 0.6) is 5.75 Å². The van der Waals surface area contributed by atoms with Gasteiger partial charge in [0.05, 0.1) is 11.7 Å². The van der Waals surface area contributed by atoms with Gasteiger partial charge in [-0.3, -0.25) is 9.69 Å². The number of rotatable bonds is 6. The van der Waals surface area contributed by atoms with Crippen LogP contribution in [-0.2, 0) is 11.3 Å². The lowest BCUT2D eigenvalue weighted by Gasteiger charge is -2.36. The van der Waals surface area contributed by atoms with Crippen LogP contribution >= 0.6 is 0 Å². The van der Waals surface area contributed by atoms with Gasteiger partial charge in [0, 0.05) is 76.1 Å². The van der Waals surface area contributed by atoms with Gasteiger partial charge in [-0.1, -0.05) is 13.8 Å². The predicted molar refractivity (Wildman–Crippen MR) is 138 cm³/mol. The van der Waals surface area contributed by atoms with Crippen molar-refractivity contribution < 1.29 is 19.1 Å². The Kier molecular flexibility index (Phi) is 10.0. The Morgan fingerprint density at radius 3 is 2.67 bits per heavy atom. The summed E-state index contributed by atoms with van der Waals surface area (Å²) in [6.07, 6.45) is 5.85. The summed E-state index contributed by atoms with van der Waals surface area (Å²) in [5.41, 5.74) is 2.00. The molecule has 0 spiro atoms. The molecule has 3 atom stereocenters. The predicted octanol–water partition coefficient (Wildman–Crippen LogP) is 3.01. The summed E-state index contributed by atoms with van der Waals surface area (Å²) in [6, 6.07) is 4.85. The molecular formula is C26H38N6O4. The van der Waals surface area contributed by atoms with Crippen LogP contribution in [-0.4, -0.2) is 84.3 Å². The molecule has 3 rings (SSSR count). The van der Waals surface area contributed by atoms with Crippen molar-refractivity contribution in [3.05, 3.63) is 48.0 Å². The van der Waals surface area contributed by atoms with E-state index in [0.717, 1.165) is 18.5 Å². The Labute approximate surface area is 213 Å². The molecule has 0 unspecified atom stereocenters. The van der Waals surface area contributed by atoms with Gasteiger partial charge < -0.3 is 25.0 Å². The second-order valence-electron chi connectivity index (χ2n) is 9.37. The van der Waals surface area contributed by atoms with Crippen molar-refractivity contribution in [1.29, 1.82) is 0 Å². The molecule has 1 aromatic carbocycles. The number of hydrogen-bond donors (Lipinski definition) is 2. The first-order valence-electron chi connectivity index (χ1n) is 12.4. The lowest BCUT2D eigenvalue weighted by Crippen LogP contribution is -2.46. The summed E-state index contributed by atoms with van der Waals surface area (Å²) in [7, 11) is 3.45. The second kappa shape index (κ2) is 13.2. The highest BCUT2D eigenvalue weighted by Crippen LogP contribution is 2.27. The number of aromatic nitrogens is 2. The first kappa shape index (κ1) is 27.3. The number of nitrogens with zero attached hydrogens (tertiary/aromatic N) is 4. The third-order valence-corrected chi connectivity index (χ3v) is 6.37. The van der Waals surface area contributed by atoms with Gasteiger partial charge in [-0.15, -0.1) is 0 Å². The maximum absolute atomic E-state index is 13.3. The molecule has 2 heterocycles. The molecule has 0 saturated carbocycles. The lowest BCUT2D eigenvalue weighted by molar-refractivity contribution is 0.00918. The number of ether oxygens (including phenoxy) is 2. The number of nitrogens with one attached hydrogen (secondary N) is 2. The van der Waals surface area contributed by atoms with Crippen molar-refractivity contribution in [2.75, 3.05) is 45.7 Å². The van der Waals surface area contributed by atoms with Gasteiger partial charge in [0.25, 0.3) is 5.91 Å². The zero-order chi connectivity index (χ0) is 26.1. The van der Waals surface area contributed by atoms with E-state index in [1.165, 1.54) is 6.33 Å². The van der Waals surface area contributed by atoms with E-state index in [1.54, 1.807) is 37.3 Å². The van der Waals surface area contributed by atoms with E-state index in [-0.39, 0.29) is 30.0 Å². The average Bonchev–Trinajstić information content (AvgIpc) is 2.88. The molecule has 0 bridgehead atoms. The molecule has 2 aromatic rings. The second-order valence-corrected chi connectivity index (χ2v) is 9.37. The van der Waals surface area contributed by atoms with E-state index in [2.05, 4.69) is 39.3 Å². The lowest BCUT2D eigenvalue weighted by atomic mass is 10.0. The molecule has 0 saturated heterocycles. The number of urea groups is 1. The standard InChI is InChI=1S/C26H38N6O4/c1-6-9-29-26(34)30-21-7-8-22-23(10-21)36-16-19(3)32(14-20-11-27-17-28-12-20)13-18(2)24(35-5)15-31(4)25(22)33/h7-8,10-12,17-19,24H,6,9,13-16H2,1-5H3,(H2,29,30,34)/t18-,19-,24+/m0/s1. The molecule has 2 N–H and O–H groups in total. The van der Waals surface area contributed by atoms with Crippen LogP contribution in [0, 0.1) is 5.92 Å². The number of likely N-dealkylation sites (N-methyl/N-ethyl adjacent to an activating group) is 1. The third kappa shape index (κ3) is 7.38. The Morgan fingerprint density at radius 2 is 1.97 bits per heavy atom. The minimum Gasteiger partial charge on any atom is -0.491 e. The van der Waals surface area contributed by atoms with Crippen molar-refractivity contribution >= 4 is 17.6 Å². The van der Waals surface area contributed by atoms with Crippen LogP contribution in [0.4, 0.5) is 10.5 Å². The minimum atomic E-state index is -0.296. The van der Waals surface area contributed by atoms with Gasteiger partial charge >= 0.3 is 6.03 Å². The highest BCUT2D eigenvalue weighted by molar-refractivity contribution is 5.98. The van der Waals surface area contributed by atoms with Crippen LogP contribution in [0.15, 0.2) is 36.9 Å². The maximum atomic E-state index is 13.3. The summed E-state index contributed by atoms with van der Waals surface area (Å²) in [5, 5.41) is 5.60. The topological polar surface area (TPSA) is 109 Å². The quantitative estimate of drug-likeness (QED) is 0.630. The van der Waals surface area contributed by atoms with Crippen LogP contribution in [0.3, 0.4) is 0 Å². The van der Waals surface area contributed by atoms with E-state index in [4.69, 9.17) is 9.47 Å². The molecular weight excluding hydrogens is 460 g/mol. The van der Waals surface area contributed by atoms with E-state index in [0.29, 0.717) is 43.2 Å². The molecule has 10 nitrogen and oxygen atoms in total. The number of carbonyl (C=O) groups is 2. The number of benzene rings is 1. The van der Waals surface area contributed by atoms with Gasteiger partial charge in [0.2, 0.25) is 0 Å². The van der Waals surface area contributed by atoms with Gasteiger partial charge in [-0.05, 0) is 31.4 Å². The van der Waals surface area contributed by atoms with Gasteiger partial charge in [-0.2, -0.15) is 0 Å². The van der Waals surface area contributed by atoms with E-state index in [9.17, 15) is 9.59 Å². The summed E-state index contributed by atoms with van der Waals surface area (Å²) < 4.78 is 12.0. The first-order valence-corrected chi connectivity index (χ1v) is 12.4. The van der Waals surface area contributed by atoms with Gasteiger partial charge in [0.15, 0.2) is 0 Å². The van der Waals surface area contributed by atoms with E-state index in [1.807, 2.05) is 19.3 Å². The molecule has 3 amide bonds. The normalized spacial score (nSPS) is 21.5. The van der Waals surface area contributed by atoms with Crippen molar-refractivity contribution in [2.24, 2.45) is 5.92 Å². The maximum Gasteiger partial charge on any atom is 0.319 e. The number of methoxy groups -OCH3 is 1. The summed E-state index contributed by atoms with van der Waals surface area (Å²) in [4.78, 5) is 37.8. The highest BCUT2D eigenvalue weighted by atomic mass is 16.5. The fourth-order valence-electron chi connectivity index (χ4n) is 4.20. The van der Waals surface area contributed by atoms with Crippen molar-refractivity contribution in [2.45, 2.75) is 45.9 Å². The number of hydrogen-bond acceptors (Lipinski definition) is 7. The first-order chi connectivity index (χ1) is 17.3. The number of amides is 3. The van der Waals surface area contributed by atoms with Crippen LogP contribution in [0.2, 0.25) is 0 Å². The van der Waals surface area contributed by atoms with Crippen molar-refractivity contribution in [1.82, 2.24) is 25.1 Å². The summed E-state index contributed by atoms with van der Waals surface area (Å²) >= 11 is 0. The van der Waals surface area contributed by atoms with Gasteiger partial charge in [0.1, 0.15) is 18.7 Å². The number of anilines is 1. The Morgan fingerprint density at radius 1 is 1.22 bits per heavy atom. The van der Waals surface area contributed by atoms with Crippen LogP contribution in [0.25, 0.3) is 0 Å². The molecule has 10 heteroatoms. The van der Waals surface area contributed by atoms with E-state index < -0.39 is 0 Å². The largest absolute Gasteiger partial charge is 0.491 e. The Hall–Kier alpha value is -3.24. The fraction of sp³-hybridized carbons (Fsp3) is 0.538. The number of fused-ring (bicyclic) bond motifs is 1. The molecule has 0 radical (unpaired) electrons. The molecule has 1 aliphatic rings. The van der Waals surface area contributed by atoms with E-state index >= 15 is 0 Å². The fourth-order valence-corrected chi connectivity index (χ4v) is 4.20. The highest BCUT2D eigenvalue weighted by Gasteiger charge is 2.28. The van der Waals surface area contributed by atoms with Crippen molar-refractivity contribution in [3.8, 4) is 5.75 Å². The van der Waals surface area contributed by atoms with Crippen LogP contribution < -0.4 is 15.4 Å². The summed E-state index contributed by atoms with van der Waals surface area (Å²) in [5.74, 6) is 0.426. The van der Waals surface area contributed by atoms with Gasteiger partial charge in [-0.25, -0.2) is 14.8 Å². The smallest absolute Gasteiger partial charge is 0.319 e. The molecule has 1 aromatic heterocycles. The molecule has 1 aliphatic heterocycles. The minimum absolute atomic E-state index is 0.0229. The van der Waals surface area contributed by atoms with Crippen LogP contribution in [0.1, 0.15) is 43.1 Å². The molecule has 196 valence electrons. The Balaban J connectivity index is 1.90. The third-order valence-electron chi connectivity index (χ3n) is 6.37. The molecule has 0 fully saturated rings. The zero-order valence-electron chi connectivity index (χ0n) is 21.9. The molecule has 36 heavy (non-hydrogen) atoms. The SMILES string of the molecule is CCCNC(=O)Nc1ccc2c(c1)OC[C@H](C)N(Cc1cncnc1)C[C@H](C)[C@H](OC)CN(C)C2=O. The monoisotopic (exact) mass is 498 g/mol. The average molecular weight is 499 g/mol. The zero-order valence-corrected chi connectivity index (χ0v) is 21.9. The summed E-state index contributed by atoms with van der Waals surface area (Å²) in [6.45, 7) is 8.99. The molecule has 0 aliphatic carbocycles.